The summed E-state index contributed by atoms with van der Waals surface area (Å²) in [6.07, 6.45) is -2.69. The van der Waals surface area contributed by atoms with E-state index < -0.39 is 17.8 Å². The number of nitrogens with zero attached hydrogens (tertiary/aromatic N) is 2. The average molecular weight is 458 g/mol. The molecule has 0 saturated carbocycles. The van der Waals surface area contributed by atoms with Crippen LogP contribution in [0.4, 0.5) is 19.0 Å². The quantitative estimate of drug-likeness (QED) is 0.582. The fraction of sp³-hybridized carbons (Fsp3) is 0.261. The normalized spacial score (nSPS) is 16.2. The van der Waals surface area contributed by atoms with E-state index in [0.717, 1.165) is 0 Å². The third-order valence-corrected chi connectivity index (χ3v) is 5.08. The lowest BCUT2D eigenvalue weighted by Gasteiger charge is -2.20. The van der Waals surface area contributed by atoms with Crippen LogP contribution in [0.2, 0.25) is 0 Å². The molecule has 1 fully saturated rings. The van der Waals surface area contributed by atoms with Gasteiger partial charge < -0.3 is 15.4 Å². The van der Waals surface area contributed by atoms with Crippen molar-refractivity contribution in [2.75, 3.05) is 11.9 Å². The molecule has 0 bridgehead atoms. The monoisotopic (exact) mass is 458 g/mol. The SMILES string of the molecule is CC(F)(F)Oc1cccc(-c2cc(NC(=O)C3CCC(=O)NC3)nn2-c2cccc(F)c2)c1. The second-order valence-electron chi connectivity index (χ2n) is 7.77. The first-order valence-corrected chi connectivity index (χ1v) is 10.3. The Morgan fingerprint density at radius 1 is 1.21 bits per heavy atom. The molecule has 172 valence electrons. The molecule has 2 N–H and O–H groups in total. The van der Waals surface area contributed by atoms with Crippen LogP contribution in [-0.4, -0.2) is 34.2 Å². The van der Waals surface area contributed by atoms with Gasteiger partial charge in [-0.15, -0.1) is 5.10 Å². The summed E-state index contributed by atoms with van der Waals surface area (Å²) in [6.45, 7) is 0.866. The van der Waals surface area contributed by atoms with Gasteiger partial charge in [0.1, 0.15) is 11.6 Å². The lowest BCUT2D eigenvalue weighted by Crippen LogP contribution is -2.40. The number of hydrogen-bond acceptors (Lipinski definition) is 4. The summed E-state index contributed by atoms with van der Waals surface area (Å²) in [5.74, 6) is -1.17. The minimum absolute atomic E-state index is 0.0597. The molecule has 3 aromatic rings. The van der Waals surface area contributed by atoms with Gasteiger partial charge in [0, 0.05) is 31.5 Å². The van der Waals surface area contributed by atoms with Gasteiger partial charge in [-0.2, -0.15) is 8.78 Å². The summed E-state index contributed by atoms with van der Waals surface area (Å²) in [4.78, 5) is 24.0. The second-order valence-corrected chi connectivity index (χ2v) is 7.77. The average Bonchev–Trinajstić information content (AvgIpc) is 3.17. The molecule has 7 nitrogen and oxygen atoms in total. The van der Waals surface area contributed by atoms with Crippen molar-refractivity contribution in [1.29, 1.82) is 0 Å². The Morgan fingerprint density at radius 2 is 2.00 bits per heavy atom. The molecule has 1 atom stereocenters. The van der Waals surface area contributed by atoms with Gasteiger partial charge in [-0.25, -0.2) is 9.07 Å². The molecule has 1 aromatic heterocycles. The molecular formula is C23H21F3N4O3. The van der Waals surface area contributed by atoms with Crippen LogP contribution in [0, 0.1) is 11.7 Å². The van der Waals surface area contributed by atoms with E-state index in [1.807, 2.05) is 0 Å². The molecule has 1 unspecified atom stereocenters. The van der Waals surface area contributed by atoms with Gasteiger partial charge in [-0.05, 0) is 36.8 Å². The predicted octanol–water partition coefficient (Wildman–Crippen LogP) is 4.13. The number of carbonyl (C=O) groups excluding carboxylic acids is 2. The highest BCUT2D eigenvalue weighted by molar-refractivity contribution is 5.93. The van der Waals surface area contributed by atoms with Gasteiger partial charge in [0.05, 0.1) is 17.3 Å². The largest absolute Gasteiger partial charge is 0.433 e. The zero-order chi connectivity index (χ0) is 23.6. The number of rotatable bonds is 6. The number of amides is 2. The maximum Gasteiger partial charge on any atom is 0.394 e. The topological polar surface area (TPSA) is 85.2 Å². The number of hydrogen-bond donors (Lipinski definition) is 2. The van der Waals surface area contributed by atoms with E-state index in [1.54, 1.807) is 24.3 Å². The summed E-state index contributed by atoms with van der Waals surface area (Å²) in [5.41, 5.74) is 1.28. The van der Waals surface area contributed by atoms with E-state index >= 15 is 0 Å². The number of anilines is 1. The van der Waals surface area contributed by atoms with Crippen molar-refractivity contribution >= 4 is 17.6 Å². The zero-order valence-electron chi connectivity index (χ0n) is 17.6. The first kappa shape index (κ1) is 22.4. The van der Waals surface area contributed by atoms with Crippen LogP contribution in [0.25, 0.3) is 16.9 Å². The standard InChI is InChI=1S/C23H21F3N4O3/c1-23(25,26)33-18-7-2-4-14(10-18)19-12-20(28-22(32)15-8-9-21(31)27-13-15)29-30(19)17-6-3-5-16(24)11-17/h2-7,10-12,15H,8-9,13H2,1H3,(H,27,31)(H,28,29,32). The van der Waals surface area contributed by atoms with Gasteiger partial charge in [0.2, 0.25) is 11.8 Å². The Labute approximate surface area is 187 Å². The molecule has 0 spiro atoms. The van der Waals surface area contributed by atoms with Crippen molar-refractivity contribution in [2.45, 2.75) is 25.9 Å². The fourth-order valence-electron chi connectivity index (χ4n) is 3.56. The van der Waals surface area contributed by atoms with Gasteiger partial charge in [0.25, 0.3) is 0 Å². The lowest BCUT2D eigenvalue weighted by atomic mass is 9.98. The number of aromatic nitrogens is 2. The van der Waals surface area contributed by atoms with Crippen LogP contribution in [0.3, 0.4) is 0 Å². The Hall–Kier alpha value is -3.82. The van der Waals surface area contributed by atoms with E-state index in [-0.39, 0.29) is 36.3 Å². The minimum Gasteiger partial charge on any atom is -0.433 e. The fourth-order valence-corrected chi connectivity index (χ4v) is 3.56. The van der Waals surface area contributed by atoms with Crippen molar-refractivity contribution in [3.63, 3.8) is 0 Å². The molecule has 2 aromatic carbocycles. The minimum atomic E-state index is -3.37. The summed E-state index contributed by atoms with van der Waals surface area (Å²) < 4.78 is 46.6. The number of alkyl halides is 2. The number of nitrogens with one attached hydrogen (secondary N) is 2. The predicted molar refractivity (Wildman–Crippen MR) is 115 cm³/mol. The lowest BCUT2D eigenvalue weighted by molar-refractivity contribution is -0.158. The first-order chi connectivity index (χ1) is 15.7. The molecule has 10 heteroatoms. The highest BCUT2D eigenvalue weighted by Crippen LogP contribution is 2.31. The number of piperidine rings is 1. The van der Waals surface area contributed by atoms with Gasteiger partial charge >= 0.3 is 6.11 Å². The van der Waals surface area contributed by atoms with Gasteiger partial charge in [-0.3, -0.25) is 9.59 Å². The van der Waals surface area contributed by atoms with Crippen LogP contribution in [-0.2, 0) is 9.59 Å². The number of benzene rings is 2. The van der Waals surface area contributed by atoms with Crippen LogP contribution >= 0.6 is 0 Å². The molecule has 0 radical (unpaired) electrons. The molecule has 1 saturated heterocycles. The summed E-state index contributed by atoms with van der Waals surface area (Å²) in [7, 11) is 0. The van der Waals surface area contributed by atoms with E-state index in [0.29, 0.717) is 30.3 Å². The Balaban J connectivity index is 1.68. The zero-order valence-corrected chi connectivity index (χ0v) is 17.6. The van der Waals surface area contributed by atoms with Crippen LogP contribution < -0.4 is 15.4 Å². The van der Waals surface area contributed by atoms with Gasteiger partial charge in [-0.1, -0.05) is 18.2 Å². The molecule has 2 heterocycles. The highest BCUT2D eigenvalue weighted by atomic mass is 19.3. The Kier molecular flexibility index (Phi) is 6.08. The summed E-state index contributed by atoms with van der Waals surface area (Å²) >= 11 is 0. The summed E-state index contributed by atoms with van der Waals surface area (Å²) in [6, 6.07) is 13.3. The first-order valence-electron chi connectivity index (χ1n) is 10.3. The van der Waals surface area contributed by atoms with Crippen LogP contribution in [0.15, 0.2) is 54.6 Å². The second kappa shape index (κ2) is 8.97. The molecule has 1 aliphatic rings. The number of carbonyl (C=O) groups is 2. The highest BCUT2D eigenvalue weighted by Gasteiger charge is 2.26. The van der Waals surface area contributed by atoms with E-state index in [9.17, 15) is 22.8 Å². The van der Waals surface area contributed by atoms with E-state index in [2.05, 4.69) is 20.5 Å². The van der Waals surface area contributed by atoms with Crippen molar-refractivity contribution in [3.05, 3.63) is 60.4 Å². The van der Waals surface area contributed by atoms with Gasteiger partial charge in [0.15, 0.2) is 5.82 Å². The van der Waals surface area contributed by atoms with Crippen molar-refractivity contribution in [2.24, 2.45) is 5.92 Å². The molecule has 2 amide bonds. The van der Waals surface area contributed by atoms with E-state index in [1.165, 1.54) is 35.0 Å². The van der Waals surface area contributed by atoms with Crippen molar-refractivity contribution in [3.8, 4) is 22.7 Å². The molecule has 33 heavy (non-hydrogen) atoms. The smallest absolute Gasteiger partial charge is 0.394 e. The van der Waals surface area contributed by atoms with Crippen molar-refractivity contribution in [1.82, 2.24) is 15.1 Å². The molecule has 0 aliphatic carbocycles. The molecular weight excluding hydrogens is 437 g/mol. The maximum atomic E-state index is 13.9. The number of halogens is 3. The van der Waals surface area contributed by atoms with E-state index in [4.69, 9.17) is 0 Å². The third-order valence-electron chi connectivity index (χ3n) is 5.08. The Morgan fingerprint density at radius 3 is 2.70 bits per heavy atom. The summed E-state index contributed by atoms with van der Waals surface area (Å²) in [5, 5.41) is 9.78. The van der Waals surface area contributed by atoms with Crippen LogP contribution in [0.1, 0.15) is 19.8 Å². The van der Waals surface area contributed by atoms with Crippen molar-refractivity contribution < 1.29 is 27.5 Å². The number of ether oxygens (including phenoxy) is 1. The van der Waals surface area contributed by atoms with Crippen LogP contribution in [0.5, 0.6) is 5.75 Å². The third kappa shape index (κ3) is 5.51. The molecule has 4 rings (SSSR count). The molecule has 1 aliphatic heterocycles. The maximum absolute atomic E-state index is 13.9. The Bertz CT molecular complexity index is 1180.